The molecule has 0 amide bonds. The lowest BCUT2D eigenvalue weighted by Crippen LogP contribution is -2.55. The summed E-state index contributed by atoms with van der Waals surface area (Å²) in [6, 6.07) is 1.62. The SMILES string of the molecule is CC1CC(CN(C)C)N1C. The third-order valence-electron chi connectivity index (χ3n) is 2.46. The molecule has 0 aromatic carbocycles. The Morgan fingerprint density at radius 3 is 2.40 bits per heavy atom. The number of likely N-dealkylation sites (tertiary alicyclic amines) is 1. The van der Waals surface area contributed by atoms with Crippen molar-refractivity contribution in [3.05, 3.63) is 0 Å². The number of hydrogen-bond acceptors (Lipinski definition) is 2. The average molecular weight is 142 g/mol. The van der Waals surface area contributed by atoms with Crippen molar-refractivity contribution in [1.82, 2.24) is 9.80 Å². The number of nitrogens with zero attached hydrogens (tertiary/aromatic N) is 2. The van der Waals surface area contributed by atoms with Gasteiger partial charge in [0.15, 0.2) is 0 Å². The van der Waals surface area contributed by atoms with Crippen molar-refractivity contribution in [2.75, 3.05) is 27.7 Å². The zero-order valence-corrected chi connectivity index (χ0v) is 7.46. The van der Waals surface area contributed by atoms with E-state index in [9.17, 15) is 0 Å². The monoisotopic (exact) mass is 142 g/mol. The quantitative estimate of drug-likeness (QED) is 0.558. The van der Waals surface area contributed by atoms with Crippen LogP contribution in [0.3, 0.4) is 0 Å². The van der Waals surface area contributed by atoms with E-state index < -0.39 is 0 Å². The molecule has 1 fully saturated rings. The first-order valence-electron chi connectivity index (χ1n) is 3.98. The lowest BCUT2D eigenvalue weighted by molar-refractivity contribution is 0.0388. The summed E-state index contributed by atoms with van der Waals surface area (Å²) in [5.41, 5.74) is 0. The third kappa shape index (κ3) is 1.50. The van der Waals surface area contributed by atoms with Crippen LogP contribution in [0.2, 0.25) is 0 Å². The van der Waals surface area contributed by atoms with Crippen molar-refractivity contribution in [3.8, 4) is 0 Å². The van der Waals surface area contributed by atoms with Crippen LogP contribution >= 0.6 is 0 Å². The van der Waals surface area contributed by atoms with Crippen molar-refractivity contribution in [2.24, 2.45) is 0 Å². The van der Waals surface area contributed by atoms with Gasteiger partial charge in [-0.25, -0.2) is 0 Å². The zero-order chi connectivity index (χ0) is 7.72. The lowest BCUT2D eigenvalue weighted by Gasteiger charge is -2.45. The Hall–Kier alpha value is -0.0800. The first-order valence-corrected chi connectivity index (χ1v) is 3.98. The highest BCUT2D eigenvalue weighted by Crippen LogP contribution is 2.22. The van der Waals surface area contributed by atoms with Gasteiger partial charge in [-0.05, 0) is 34.5 Å². The second kappa shape index (κ2) is 2.89. The molecule has 0 N–H and O–H groups in total. The molecule has 1 aliphatic heterocycles. The molecule has 2 atom stereocenters. The van der Waals surface area contributed by atoms with E-state index in [4.69, 9.17) is 0 Å². The summed E-state index contributed by atoms with van der Waals surface area (Å²) in [6.45, 7) is 3.49. The van der Waals surface area contributed by atoms with Crippen LogP contribution in [-0.4, -0.2) is 49.6 Å². The van der Waals surface area contributed by atoms with Gasteiger partial charge in [-0.15, -0.1) is 0 Å². The largest absolute Gasteiger partial charge is 0.308 e. The molecule has 0 aromatic heterocycles. The Balaban J connectivity index is 2.20. The van der Waals surface area contributed by atoms with Gasteiger partial charge < -0.3 is 4.90 Å². The maximum Gasteiger partial charge on any atom is 0.0237 e. The predicted molar refractivity (Wildman–Crippen MR) is 44.2 cm³/mol. The van der Waals surface area contributed by atoms with Crippen molar-refractivity contribution in [1.29, 1.82) is 0 Å². The van der Waals surface area contributed by atoms with E-state index in [2.05, 4.69) is 37.9 Å². The van der Waals surface area contributed by atoms with E-state index >= 15 is 0 Å². The Labute approximate surface area is 63.8 Å². The first kappa shape index (κ1) is 8.02. The normalized spacial score (nSPS) is 34.5. The highest BCUT2D eigenvalue weighted by atomic mass is 15.3. The van der Waals surface area contributed by atoms with Gasteiger partial charge in [-0.1, -0.05) is 0 Å². The van der Waals surface area contributed by atoms with Gasteiger partial charge in [0, 0.05) is 18.6 Å². The molecular formula is C8H18N2. The molecular weight excluding hydrogens is 124 g/mol. The van der Waals surface area contributed by atoms with Crippen molar-refractivity contribution >= 4 is 0 Å². The Bertz CT molecular complexity index is 112. The highest BCUT2D eigenvalue weighted by Gasteiger charge is 2.31. The molecule has 0 saturated carbocycles. The van der Waals surface area contributed by atoms with Crippen LogP contribution in [0.25, 0.3) is 0 Å². The molecule has 1 heterocycles. The Kier molecular flexibility index (Phi) is 2.32. The molecule has 60 valence electrons. The van der Waals surface area contributed by atoms with Crippen molar-refractivity contribution in [3.63, 3.8) is 0 Å². The second-order valence-electron chi connectivity index (χ2n) is 3.67. The standard InChI is InChI=1S/C8H18N2/c1-7-5-8(10(7)4)6-9(2)3/h7-8H,5-6H2,1-4H3. The molecule has 0 spiro atoms. The van der Waals surface area contributed by atoms with Crippen molar-refractivity contribution < 1.29 is 0 Å². The summed E-state index contributed by atoms with van der Waals surface area (Å²) < 4.78 is 0. The Morgan fingerprint density at radius 2 is 2.10 bits per heavy atom. The van der Waals surface area contributed by atoms with E-state index in [0.717, 1.165) is 12.1 Å². The molecule has 2 nitrogen and oxygen atoms in total. The average Bonchev–Trinajstić information content (AvgIpc) is 1.86. The van der Waals surface area contributed by atoms with Gasteiger partial charge in [-0.2, -0.15) is 0 Å². The second-order valence-corrected chi connectivity index (χ2v) is 3.67. The highest BCUT2D eigenvalue weighted by molar-refractivity contribution is 4.88. The van der Waals surface area contributed by atoms with Crippen molar-refractivity contribution in [2.45, 2.75) is 25.4 Å². The van der Waals surface area contributed by atoms with Gasteiger partial charge in [0.25, 0.3) is 0 Å². The minimum absolute atomic E-state index is 0.810. The van der Waals surface area contributed by atoms with Crippen LogP contribution in [0.1, 0.15) is 13.3 Å². The van der Waals surface area contributed by atoms with Gasteiger partial charge in [0.2, 0.25) is 0 Å². The maximum absolute atomic E-state index is 2.44. The fourth-order valence-corrected chi connectivity index (χ4v) is 1.57. The summed E-state index contributed by atoms with van der Waals surface area (Å²) >= 11 is 0. The maximum atomic E-state index is 2.44. The predicted octanol–water partition coefficient (Wildman–Crippen LogP) is 0.641. The molecule has 1 aliphatic rings. The van der Waals surface area contributed by atoms with Crippen LogP contribution in [0.4, 0.5) is 0 Å². The van der Waals surface area contributed by atoms with Gasteiger partial charge in [0.1, 0.15) is 0 Å². The minimum Gasteiger partial charge on any atom is -0.308 e. The lowest BCUT2D eigenvalue weighted by atomic mass is 9.95. The minimum atomic E-state index is 0.810. The third-order valence-corrected chi connectivity index (χ3v) is 2.46. The van der Waals surface area contributed by atoms with Crippen LogP contribution in [-0.2, 0) is 0 Å². The summed E-state index contributed by atoms with van der Waals surface area (Å²) in [5.74, 6) is 0. The van der Waals surface area contributed by atoms with E-state index in [-0.39, 0.29) is 0 Å². The van der Waals surface area contributed by atoms with Crippen LogP contribution in [0.15, 0.2) is 0 Å². The molecule has 0 aliphatic carbocycles. The number of rotatable bonds is 2. The molecule has 1 rings (SSSR count). The van der Waals surface area contributed by atoms with E-state index in [1.165, 1.54) is 13.0 Å². The smallest absolute Gasteiger partial charge is 0.0237 e. The van der Waals surface area contributed by atoms with E-state index in [1.54, 1.807) is 0 Å². The van der Waals surface area contributed by atoms with Gasteiger partial charge >= 0.3 is 0 Å². The summed E-state index contributed by atoms with van der Waals surface area (Å²) in [7, 11) is 6.48. The van der Waals surface area contributed by atoms with E-state index in [1.807, 2.05) is 0 Å². The fraction of sp³-hybridized carbons (Fsp3) is 1.00. The van der Waals surface area contributed by atoms with Crippen LogP contribution in [0.5, 0.6) is 0 Å². The van der Waals surface area contributed by atoms with Crippen LogP contribution in [0, 0.1) is 0 Å². The zero-order valence-electron chi connectivity index (χ0n) is 7.46. The number of likely N-dealkylation sites (N-methyl/N-ethyl adjacent to an activating group) is 2. The topological polar surface area (TPSA) is 6.48 Å². The van der Waals surface area contributed by atoms with E-state index in [0.29, 0.717) is 0 Å². The molecule has 0 bridgehead atoms. The Morgan fingerprint density at radius 1 is 1.50 bits per heavy atom. The molecule has 10 heavy (non-hydrogen) atoms. The number of hydrogen-bond donors (Lipinski definition) is 0. The summed E-state index contributed by atoms with van der Waals surface area (Å²) in [4.78, 5) is 4.70. The summed E-state index contributed by atoms with van der Waals surface area (Å²) in [5, 5.41) is 0. The molecule has 2 heteroatoms. The van der Waals surface area contributed by atoms with Gasteiger partial charge in [0.05, 0.1) is 0 Å². The molecule has 2 unspecified atom stereocenters. The molecule has 1 saturated heterocycles. The summed E-state index contributed by atoms with van der Waals surface area (Å²) in [6.07, 6.45) is 1.37. The molecule has 0 radical (unpaired) electrons. The van der Waals surface area contributed by atoms with Gasteiger partial charge in [-0.3, -0.25) is 4.90 Å². The first-order chi connectivity index (χ1) is 4.61. The molecule has 0 aromatic rings. The van der Waals surface area contributed by atoms with Crippen LogP contribution < -0.4 is 0 Å². The fourth-order valence-electron chi connectivity index (χ4n) is 1.57.